The third-order valence-electron chi connectivity index (χ3n) is 1.98. The Labute approximate surface area is 94.3 Å². The number of hydrogen-bond acceptors (Lipinski definition) is 3. The fraction of sp³-hybridized carbons (Fsp3) is 0.364. The predicted molar refractivity (Wildman–Crippen MR) is 61.7 cm³/mol. The first-order valence-electron chi connectivity index (χ1n) is 4.80. The second-order valence-electron chi connectivity index (χ2n) is 3.17. The van der Waals surface area contributed by atoms with Gasteiger partial charge < -0.3 is 9.94 Å². The van der Waals surface area contributed by atoms with Crippen LogP contribution in [-0.4, -0.2) is 17.9 Å². The molecule has 0 aliphatic rings. The zero-order valence-electron chi connectivity index (χ0n) is 8.83. The van der Waals surface area contributed by atoms with Gasteiger partial charge in [-0.25, -0.2) is 0 Å². The van der Waals surface area contributed by atoms with Crippen LogP contribution in [-0.2, 0) is 4.84 Å². The summed E-state index contributed by atoms with van der Waals surface area (Å²) in [6.07, 6.45) is 2.38. The molecule has 0 heterocycles. The maximum Gasteiger partial charge on any atom is 0.124 e. The Morgan fingerprint density at radius 3 is 2.93 bits per heavy atom. The molecule has 0 atom stereocenters. The molecule has 82 valence electrons. The minimum Gasteiger partial charge on any atom is -0.507 e. The van der Waals surface area contributed by atoms with Gasteiger partial charge in [-0.3, -0.25) is 0 Å². The van der Waals surface area contributed by atoms with Crippen molar-refractivity contribution in [2.45, 2.75) is 20.3 Å². The molecule has 3 nitrogen and oxygen atoms in total. The average molecular weight is 228 g/mol. The molecule has 1 N–H and O–H groups in total. The number of phenols is 1. The van der Waals surface area contributed by atoms with E-state index in [4.69, 9.17) is 16.4 Å². The van der Waals surface area contributed by atoms with Crippen molar-refractivity contribution in [2.75, 3.05) is 6.61 Å². The van der Waals surface area contributed by atoms with E-state index in [-0.39, 0.29) is 5.75 Å². The lowest BCUT2D eigenvalue weighted by atomic mass is 10.1. The maximum atomic E-state index is 9.57. The van der Waals surface area contributed by atoms with E-state index in [0.717, 1.165) is 12.0 Å². The molecule has 1 rings (SSSR count). The number of halogens is 1. The van der Waals surface area contributed by atoms with E-state index in [9.17, 15) is 5.11 Å². The van der Waals surface area contributed by atoms with Gasteiger partial charge >= 0.3 is 0 Å². The maximum absolute atomic E-state index is 9.57. The standard InChI is InChI=1S/C11H14ClNO2/c1-3-6-15-13-7-9-8(2)10(12)4-5-11(9)14/h4-5,7,14H,3,6H2,1-2H3. The van der Waals surface area contributed by atoms with Crippen molar-refractivity contribution < 1.29 is 9.94 Å². The molecule has 0 bridgehead atoms. The third-order valence-corrected chi connectivity index (χ3v) is 2.39. The lowest BCUT2D eigenvalue weighted by Crippen LogP contribution is -1.91. The highest BCUT2D eigenvalue weighted by atomic mass is 35.5. The first kappa shape index (κ1) is 11.9. The Morgan fingerprint density at radius 2 is 2.27 bits per heavy atom. The highest BCUT2D eigenvalue weighted by Gasteiger charge is 2.05. The van der Waals surface area contributed by atoms with Gasteiger partial charge in [-0.1, -0.05) is 23.7 Å². The summed E-state index contributed by atoms with van der Waals surface area (Å²) in [5.41, 5.74) is 1.39. The summed E-state index contributed by atoms with van der Waals surface area (Å²) in [7, 11) is 0. The van der Waals surface area contributed by atoms with Crippen LogP contribution in [0.2, 0.25) is 5.02 Å². The van der Waals surface area contributed by atoms with Crippen molar-refractivity contribution >= 4 is 17.8 Å². The molecule has 0 unspecified atom stereocenters. The van der Waals surface area contributed by atoms with Crippen LogP contribution in [0.15, 0.2) is 17.3 Å². The molecular weight excluding hydrogens is 214 g/mol. The van der Waals surface area contributed by atoms with E-state index < -0.39 is 0 Å². The highest BCUT2D eigenvalue weighted by molar-refractivity contribution is 6.31. The van der Waals surface area contributed by atoms with Crippen molar-refractivity contribution in [3.05, 3.63) is 28.3 Å². The first-order valence-corrected chi connectivity index (χ1v) is 5.18. The lowest BCUT2D eigenvalue weighted by molar-refractivity contribution is 0.146. The molecule has 0 fully saturated rings. The van der Waals surface area contributed by atoms with E-state index in [1.807, 2.05) is 13.8 Å². The van der Waals surface area contributed by atoms with Gasteiger partial charge in [0.1, 0.15) is 12.4 Å². The number of aromatic hydroxyl groups is 1. The number of rotatable bonds is 4. The van der Waals surface area contributed by atoms with Crippen LogP contribution in [0.3, 0.4) is 0 Å². The molecule has 0 saturated carbocycles. The summed E-state index contributed by atoms with van der Waals surface area (Å²) in [4.78, 5) is 4.95. The van der Waals surface area contributed by atoms with Crippen LogP contribution in [0.5, 0.6) is 5.75 Å². The van der Waals surface area contributed by atoms with Crippen molar-refractivity contribution in [3.63, 3.8) is 0 Å². The number of phenolic OH excluding ortho intramolecular Hbond substituents is 1. The van der Waals surface area contributed by atoms with Gasteiger partial charge in [0.15, 0.2) is 0 Å². The Hall–Kier alpha value is -1.22. The number of hydrogen-bond donors (Lipinski definition) is 1. The van der Waals surface area contributed by atoms with Gasteiger partial charge in [-0.15, -0.1) is 0 Å². The SMILES string of the molecule is CCCON=Cc1c(O)ccc(Cl)c1C. The quantitative estimate of drug-likeness (QED) is 0.488. The topological polar surface area (TPSA) is 41.8 Å². The molecule has 0 aliphatic heterocycles. The average Bonchev–Trinajstić information content (AvgIpc) is 2.23. The Kier molecular flexibility index (Phi) is 4.43. The molecule has 4 heteroatoms. The van der Waals surface area contributed by atoms with Crippen LogP contribution in [0.1, 0.15) is 24.5 Å². The highest BCUT2D eigenvalue weighted by Crippen LogP contribution is 2.25. The second-order valence-corrected chi connectivity index (χ2v) is 3.58. The zero-order chi connectivity index (χ0) is 11.3. The van der Waals surface area contributed by atoms with Crippen molar-refractivity contribution in [3.8, 4) is 5.75 Å². The summed E-state index contributed by atoms with van der Waals surface area (Å²) >= 11 is 5.91. The van der Waals surface area contributed by atoms with Gasteiger partial charge in [0, 0.05) is 10.6 Å². The third kappa shape index (κ3) is 3.13. The number of benzene rings is 1. The normalized spacial score (nSPS) is 10.9. The van der Waals surface area contributed by atoms with E-state index in [1.54, 1.807) is 6.07 Å². The van der Waals surface area contributed by atoms with Gasteiger partial charge in [-0.2, -0.15) is 0 Å². The molecule has 0 spiro atoms. The smallest absolute Gasteiger partial charge is 0.124 e. The molecule has 0 aliphatic carbocycles. The van der Waals surface area contributed by atoms with Gasteiger partial charge in [-0.05, 0) is 31.0 Å². The Bertz CT molecular complexity index is 364. The monoisotopic (exact) mass is 227 g/mol. The lowest BCUT2D eigenvalue weighted by Gasteiger charge is -2.04. The van der Waals surface area contributed by atoms with Gasteiger partial charge in [0.25, 0.3) is 0 Å². The number of oxime groups is 1. The second kappa shape index (κ2) is 5.61. The summed E-state index contributed by atoms with van der Waals surface area (Å²) in [5, 5.41) is 13.9. The Morgan fingerprint density at radius 1 is 1.53 bits per heavy atom. The van der Waals surface area contributed by atoms with Gasteiger partial charge in [0.2, 0.25) is 0 Å². The van der Waals surface area contributed by atoms with Crippen molar-refractivity contribution in [1.29, 1.82) is 0 Å². The fourth-order valence-corrected chi connectivity index (χ4v) is 1.25. The van der Waals surface area contributed by atoms with Crippen molar-refractivity contribution in [1.82, 2.24) is 0 Å². The largest absolute Gasteiger partial charge is 0.507 e. The summed E-state index contributed by atoms with van der Waals surface area (Å²) in [6.45, 7) is 4.39. The van der Waals surface area contributed by atoms with E-state index in [2.05, 4.69) is 5.16 Å². The van der Waals surface area contributed by atoms with E-state index in [1.165, 1.54) is 12.3 Å². The predicted octanol–water partition coefficient (Wildman–Crippen LogP) is 3.11. The van der Waals surface area contributed by atoms with Gasteiger partial charge in [0.05, 0.1) is 6.21 Å². The molecule has 0 saturated heterocycles. The minimum absolute atomic E-state index is 0.153. The number of nitrogens with zero attached hydrogens (tertiary/aromatic N) is 1. The Balaban J connectivity index is 2.84. The van der Waals surface area contributed by atoms with E-state index in [0.29, 0.717) is 17.2 Å². The van der Waals surface area contributed by atoms with Crippen molar-refractivity contribution in [2.24, 2.45) is 5.16 Å². The summed E-state index contributed by atoms with van der Waals surface area (Å²) < 4.78 is 0. The molecule has 0 aromatic heterocycles. The fourth-order valence-electron chi connectivity index (χ4n) is 1.08. The molecule has 1 aromatic rings. The molecule has 0 radical (unpaired) electrons. The van der Waals surface area contributed by atoms with Crippen LogP contribution >= 0.6 is 11.6 Å². The van der Waals surface area contributed by atoms with Crippen LogP contribution in [0.4, 0.5) is 0 Å². The molecule has 0 amide bonds. The molecule has 1 aromatic carbocycles. The van der Waals surface area contributed by atoms with E-state index >= 15 is 0 Å². The van der Waals surface area contributed by atoms with Crippen LogP contribution < -0.4 is 0 Å². The van der Waals surface area contributed by atoms with Crippen LogP contribution in [0.25, 0.3) is 0 Å². The minimum atomic E-state index is 0.153. The first-order chi connectivity index (χ1) is 7.16. The summed E-state index contributed by atoms with van der Waals surface area (Å²) in [6, 6.07) is 3.19. The molecule has 15 heavy (non-hydrogen) atoms. The zero-order valence-corrected chi connectivity index (χ0v) is 9.58. The van der Waals surface area contributed by atoms with Crippen LogP contribution in [0, 0.1) is 6.92 Å². The summed E-state index contributed by atoms with van der Waals surface area (Å²) in [5.74, 6) is 0.153. The molecular formula is C11H14ClNO2.